The summed E-state index contributed by atoms with van der Waals surface area (Å²) in [5.41, 5.74) is 1.20. The Kier molecular flexibility index (Phi) is 12.4. The fourth-order valence-corrected chi connectivity index (χ4v) is 5.73. The molecule has 1 aliphatic heterocycles. The molecule has 2 aliphatic rings. The van der Waals surface area contributed by atoms with Crippen LogP contribution in [-0.2, 0) is 28.7 Å². The number of carbonyl (C=O) groups excluding carboxylic acids is 4. The van der Waals surface area contributed by atoms with Crippen molar-refractivity contribution in [2.75, 3.05) is 39.4 Å². The number of benzene rings is 1. The molecule has 248 valence electrons. The van der Waals surface area contributed by atoms with Gasteiger partial charge in [-0.25, -0.2) is 14.8 Å². The molecule has 0 bridgehead atoms. The van der Waals surface area contributed by atoms with Crippen molar-refractivity contribution in [2.45, 2.75) is 64.3 Å². The molecule has 3 atom stereocenters. The number of carboxylic acids is 1. The quantitative estimate of drug-likeness (QED) is 0.325. The second-order valence-electron chi connectivity index (χ2n) is 11.1. The van der Waals surface area contributed by atoms with E-state index in [2.05, 4.69) is 10.3 Å². The van der Waals surface area contributed by atoms with E-state index in [-0.39, 0.29) is 69.8 Å². The standard InChI is InChI=1S/C32H41N5O9/c1-3-44-31(42)23-13-9-8-12-22(23)25-20-26(34-28(33-25)21-10-6-5-7-11-21)29(40)35-24(14-15-27(38)39)30(41)36-16-18-37(19-17-36)46-32(43)45-4-2/h5-7,10-11,20,22-24H,3-4,8-9,12-19H2,1-2H3,(H,35,40)(H,38,39)/t22?,23?,24-/m0/s1. The van der Waals surface area contributed by atoms with E-state index in [0.29, 0.717) is 29.9 Å². The van der Waals surface area contributed by atoms with Crippen LogP contribution in [0.1, 0.15) is 74.5 Å². The predicted octanol–water partition coefficient (Wildman–Crippen LogP) is 3.18. The number of carbonyl (C=O) groups is 5. The molecule has 4 rings (SSSR count). The van der Waals surface area contributed by atoms with Crippen LogP contribution in [0.25, 0.3) is 11.4 Å². The fourth-order valence-electron chi connectivity index (χ4n) is 5.73. The van der Waals surface area contributed by atoms with Crippen LogP contribution in [0.2, 0.25) is 0 Å². The highest BCUT2D eigenvalue weighted by atomic mass is 16.8. The lowest BCUT2D eigenvalue weighted by Crippen LogP contribution is -2.55. The Labute approximate surface area is 267 Å². The summed E-state index contributed by atoms with van der Waals surface area (Å²) in [6, 6.07) is 9.52. The molecule has 2 unspecified atom stereocenters. The summed E-state index contributed by atoms with van der Waals surface area (Å²) in [7, 11) is 0. The highest BCUT2D eigenvalue weighted by molar-refractivity contribution is 5.96. The summed E-state index contributed by atoms with van der Waals surface area (Å²) in [4.78, 5) is 79.3. The van der Waals surface area contributed by atoms with E-state index in [1.54, 1.807) is 19.9 Å². The Morgan fingerprint density at radius 2 is 1.65 bits per heavy atom. The van der Waals surface area contributed by atoms with Gasteiger partial charge < -0.3 is 29.6 Å². The number of hydroxylamine groups is 2. The Bertz CT molecular complexity index is 1380. The normalized spacial score (nSPS) is 19.0. The summed E-state index contributed by atoms with van der Waals surface area (Å²) in [6.45, 7) is 4.63. The van der Waals surface area contributed by atoms with E-state index in [0.717, 1.165) is 12.8 Å². The Morgan fingerprint density at radius 3 is 2.33 bits per heavy atom. The van der Waals surface area contributed by atoms with Crippen molar-refractivity contribution in [3.63, 3.8) is 0 Å². The summed E-state index contributed by atoms with van der Waals surface area (Å²) in [5, 5.41) is 13.5. The lowest BCUT2D eigenvalue weighted by atomic mass is 9.77. The van der Waals surface area contributed by atoms with Crippen LogP contribution in [0.15, 0.2) is 36.4 Å². The van der Waals surface area contributed by atoms with Crippen molar-refractivity contribution in [3.05, 3.63) is 47.8 Å². The van der Waals surface area contributed by atoms with E-state index in [4.69, 9.17) is 19.3 Å². The minimum Gasteiger partial charge on any atom is -0.481 e. The molecule has 1 aliphatic carbocycles. The molecule has 1 aromatic heterocycles. The number of aliphatic carboxylic acids is 1. The molecular weight excluding hydrogens is 598 g/mol. The molecule has 2 aromatic rings. The average Bonchev–Trinajstić information content (AvgIpc) is 3.07. The van der Waals surface area contributed by atoms with E-state index < -0.39 is 35.9 Å². The van der Waals surface area contributed by atoms with Crippen LogP contribution in [0.5, 0.6) is 0 Å². The van der Waals surface area contributed by atoms with Crippen molar-refractivity contribution in [1.29, 1.82) is 0 Å². The molecule has 0 spiro atoms. The molecule has 0 radical (unpaired) electrons. The van der Waals surface area contributed by atoms with Gasteiger partial charge in [-0.15, -0.1) is 5.06 Å². The first-order valence-corrected chi connectivity index (χ1v) is 15.7. The number of ether oxygens (including phenoxy) is 2. The number of hydrogen-bond acceptors (Lipinski definition) is 11. The number of esters is 1. The van der Waals surface area contributed by atoms with Gasteiger partial charge in [-0.2, -0.15) is 0 Å². The molecule has 14 heteroatoms. The molecule has 14 nitrogen and oxygen atoms in total. The Balaban J connectivity index is 1.58. The van der Waals surface area contributed by atoms with Crippen molar-refractivity contribution in [1.82, 2.24) is 25.2 Å². The molecule has 1 saturated carbocycles. The van der Waals surface area contributed by atoms with Gasteiger partial charge in [-0.05, 0) is 39.2 Å². The van der Waals surface area contributed by atoms with Crippen LogP contribution in [0.4, 0.5) is 4.79 Å². The van der Waals surface area contributed by atoms with E-state index in [1.165, 1.54) is 9.96 Å². The topological polar surface area (TPSA) is 178 Å². The van der Waals surface area contributed by atoms with Gasteiger partial charge in [-0.3, -0.25) is 19.2 Å². The van der Waals surface area contributed by atoms with Crippen molar-refractivity contribution in [3.8, 4) is 11.4 Å². The maximum atomic E-state index is 13.8. The predicted molar refractivity (Wildman–Crippen MR) is 163 cm³/mol. The van der Waals surface area contributed by atoms with E-state index in [9.17, 15) is 29.1 Å². The van der Waals surface area contributed by atoms with Crippen molar-refractivity contribution in [2.24, 2.45) is 5.92 Å². The minimum atomic E-state index is -1.15. The number of amides is 2. The average molecular weight is 640 g/mol. The molecule has 1 saturated heterocycles. The molecular formula is C32H41N5O9. The maximum Gasteiger partial charge on any atom is 0.527 e. The second kappa shape index (κ2) is 16.6. The molecule has 2 N–H and O–H groups in total. The van der Waals surface area contributed by atoms with Crippen LogP contribution < -0.4 is 5.32 Å². The van der Waals surface area contributed by atoms with Crippen LogP contribution >= 0.6 is 0 Å². The molecule has 2 fully saturated rings. The number of nitrogens with one attached hydrogen (secondary N) is 1. The third-order valence-electron chi connectivity index (χ3n) is 8.01. The Morgan fingerprint density at radius 1 is 0.957 bits per heavy atom. The molecule has 2 amide bonds. The van der Waals surface area contributed by atoms with Gasteiger partial charge in [0.2, 0.25) is 5.91 Å². The number of hydrogen-bond donors (Lipinski definition) is 2. The van der Waals surface area contributed by atoms with Gasteiger partial charge in [0, 0.05) is 36.7 Å². The first-order chi connectivity index (χ1) is 22.2. The van der Waals surface area contributed by atoms with Gasteiger partial charge in [0.05, 0.1) is 32.2 Å². The van der Waals surface area contributed by atoms with E-state index >= 15 is 0 Å². The fraction of sp³-hybridized carbons (Fsp3) is 0.531. The number of nitrogens with zero attached hydrogens (tertiary/aromatic N) is 4. The second-order valence-corrected chi connectivity index (χ2v) is 11.1. The van der Waals surface area contributed by atoms with Crippen molar-refractivity contribution >= 4 is 29.9 Å². The molecule has 2 heterocycles. The highest BCUT2D eigenvalue weighted by Crippen LogP contribution is 2.38. The smallest absolute Gasteiger partial charge is 0.481 e. The SMILES string of the molecule is CCOC(=O)ON1CCN(C(=O)[C@H](CCC(=O)O)NC(=O)c2cc(C3CCCCC3C(=O)OCC)nc(-c3ccccc3)n2)CC1. The van der Waals surface area contributed by atoms with Gasteiger partial charge in [-0.1, -0.05) is 43.2 Å². The minimum absolute atomic E-state index is 0.00202. The number of aromatic nitrogens is 2. The van der Waals surface area contributed by atoms with Gasteiger partial charge in [0.25, 0.3) is 5.91 Å². The van der Waals surface area contributed by atoms with Gasteiger partial charge >= 0.3 is 18.1 Å². The third kappa shape index (κ3) is 9.22. The monoisotopic (exact) mass is 639 g/mol. The zero-order valence-corrected chi connectivity index (χ0v) is 26.2. The summed E-state index contributed by atoms with van der Waals surface area (Å²) in [5.74, 6) is -2.96. The number of piperazine rings is 1. The lowest BCUT2D eigenvalue weighted by molar-refractivity contribution is -0.157. The lowest BCUT2D eigenvalue weighted by Gasteiger charge is -2.35. The summed E-state index contributed by atoms with van der Waals surface area (Å²) >= 11 is 0. The van der Waals surface area contributed by atoms with Crippen LogP contribution in [0.3, 0.4) is 0 Å². The van der Waals surface area contributed by atoms with Crippen LogP contribution in [0, 0.1) is 5.92 Å². The van der Waals surface area contributed by atoms with Crippen LogP contribution in [-0.4, -0.2) is 100 Å². The van der Waals surface area contributed by atoms with Crippen molar-refractivity contribution < 1.29 is 43.4 Å². The summed E-state index contributed by atoms with van der Waals surface area (Å²) < 4.78 is 10.1. The molecule has 46 heavy (non-hydrogen) atoms. The maximum absolute atomic E-state index is 13.8. The van der Waals surface area contributed by atoms with Gasteiger partial charge in [0.1, 0.15) is 11.7 Å². The number of carboxylic acid groups (broad SMARTS) is 1. The zero-order valence-electron chi connectivity index (χ0n) is 26.2. The largest absolute Gasteiger partial charge is 0.527 e. The number of rotatable bonds is 12. The van der Waals surface area contributed by atoms with Gasteiger partial charge in [0.15, 0.2) is 5.82 Å². The first kappa shape index (κ1) is 34.3. The molecule has 1 aromatic carbocycles. The highest BCUT2D eigenvalue weighted by Gasteiger charge is 2.36. The first-order valence-electron chi connectivity index (χ1n) is 15.7. The Hall–Kier alpha value is -4.59. The third-order valence-corrected chi connectivity index (χ3v) is 8.01. The summed E-state index contributed by atoms with van der Waals surface area (Å²) in [6.07, 6.45) is 1.75. The van der Waals surface area contributed by atoms with E-state index in [1.807, 2.05) is 30.3 Å². The zero-order chi connectivity index (χ0) is 33.1.